The van der Waals surface area contributed by atoms with Gasteiger partial charge in [0.1, 0.15) is 0 Å². The summed E-state index contributed by atoms with van der Waals surface area (Å²) in [5, 5.41) is 4.02. The average molecular weight is 353 g/mol. The molecule has 0 aliphatic carbocycles. The Labute approximate surface area is 143 Å². The van der Waals surface area contributed by atoms with Crippen molar-refractivity contribution in [2.45, 2.75) is 25.4 Å². The van der Waals surface area contributed by atoms with Gasteiger partial charge < -0.3 is 14.5 Å². The van der Waals surface area contributed by atoms with Crippen molar-refractivity contribution in [3.05, 3.63) is 34.4 Å². The second kappa shape index (κ2) is 6.19. The van der Waals surface area contributed by atoms with E-state index in [2.05, 4.69) is 10.2 Å². The summed E-state index contributed by atoms with van der Waals surface area (Å²) in [6, 6.07) is 6.80. The minimum absolute atomic E-state index is 0.0418. The van der Waals surface area contributed by atoms with E-state index in [1.165, 1.54) is 24.2 Å². The molecule has 5 rings (SSSR count). The highest BCUT2D eigenvalue weighted by atomic mass is 35.5. The first kappa shape index (κ1) is 15.1. The highest BCUT2D eigenvalue weighted by Gasteiger charge is 2.34. The minimum atomic E-state index is -0.0418. The molecule has 3 saturated heterocycles. The van der Waals surface area contributed by atoms with E-state index >= 15 is 0 Å². The molecule has 0 aromatic carbocycles. The van der Waals surface area contributed by atoms with Gasteiger partial charge in [-0.15, -0.1) is 0 Å². The number of hydrogen-bond acceptors (Lipinski definition) is 5. The maximum absolute atomic E-state index is 12.4. The molecule has 3 aliphatic heterocycles. The molecular formula is C16H17ClN2O3S. The Morgan fingerprint density at radius 2 is 2.13 bits per heavy atom. The summed E-state index contributed by atoms with van der Waals surface area (Å²) in [5.74, 6) is 1.04. The van der Waals surface area contributed by atoms with Crippen LogP contribution in [0.15, 0.2) is 28.7 Å². The number of thiophene rings is 1. The van der Waals surface area contributed by atoms with Gasteiger partial charge >= 0.3 is 0 Å². The summed E-state index contributed by atoms with van der Waals surface area (Å²) in [6.45, 7) is 2.18. The van der Waals surface area contributed by atoms with Crippen LogP contribution in [-0.4, -0.2) is 30.1 Å². The van der Waals surface area contributed by atoms with Gasteiger partial charge in [0.25, 0.3) is 11.9 Å². The van der Waals surface area contributed by atoms with Crippen LogP contribution in [0.5, 0.6) is 11.0 Å². The van der Waals surface area contributed by atoms with Crippen molar-refractivity contribution < 1.29 is 13.9 Å². The zero-order valence-corrected chi connectivity index (χ0v) is 14.0. The van der Waals surface area contributed by atoms with Crippen molar-refractivity contribution in [3.63, 3.8) is 0 Å². The molecule has 1 amide bonds. The number of piperidine rings is 3. The first-order valence-corrected chi connectivity index (χ1v) is 8.95. The Kier molecular flexibility index (Phi) is 4.05. The number of amides is 1. The molecule has 0 saturated carbocycles. The van der Waals surface area contributed by atoms with E-state index in [0.717, 1.165) is 25.4 Å². The topological polar surface area (TPSA) is 54.7 Å². The van der Waals surface area contributed by atoms with E-state index in [1.807, 2.05) is 0 Å². The predicted octanol–water partition coefficient (Wildman–Crippen LogP) is 3.96. The van der Waals surface area contributed by atoms with E-state index < -0.39 is 0 Å². The summed E-state index contributed by atoms with van der Waals surface area (Å²) in [5.41, 5.74) is 0. The number of nitrogens with zero attached hydrogens (tertiary/aromatic N) is 1. The lowest BCUT2D eigenvalue weighted by Crippen LogP contribution is -2.56. The lowest BCUT2D eigenvalue weighted by molar-refractivity contribution is 0.0296. The van der Waals surface area contributed by atoms with E-state index in [9.17, 15) is 4.79 Å². The predicted molar refractivity (Wildman–Crippen MR) is 88.3 cm³/mol. The van der Waals surface area contributed by atoms with Crippen molar-refractivity contribution in [3.8, 4) is 11.0 Å². The fourth-order valence-electron chi connectivity index (χ4n) is 3.29. The SMILES string of the molecule is O=C(NC1CC2CCN1CC2)c1ccc(Oc2ccc(Cl)o2)s1. The molecule has 2 aromatic heterocycles. The van der Waals surface area contributed by atoms with Gasteiger partial charge in [-0.1, -0.05) is 11.3 Å². The van der Waals surface area contributed by atoms with Gasteiger partial charge in [0, 0.05) is 25.2 Å². The van der Waals surface area contributed by atoms with Crippen molar-refractivity contribution >= 4 is 28.8 Å². The standard InChI is InChI=1S/C16H17ClN2O3S/c17-12-2-3-14(21-12)22-15-4-1-11(23-15)16(20)18-13-9-10-5-7-19(13)8-6-10/h1-4,10,13H,5-9H2,(H,18,20). The van der Waals surface area contributed by atoms with Gasteiger partial charge in [-0.05, 0) is 48.9 Å². The molecule has 0 radical (unpaired) electrons. The molecule has 1 atom stereocenters. The molecule has 122 valence electrons. The van der Waals surface area contributed by atoms with Crippen LogP contribution < -0.4 is 10.1 Å². The average Bonchev–Trinajstić information content (AvgIpc) is 3.18. The van der Waals surface area contributed by atoms with Gasteiger partial charge in [-0.25, -0.2) is 0 Å². The van der Waals surface area contributed by atoms with Crippen LogP contribution >= 0.6 is 22.9 Å². The zero-order valence-electron chi connectivity index (χ0n) is 12.5. The summed E-state index contributed by atoms with van der Waals surface area (Å²) >= 11 is 7.01. The van der Waals surface area contributed by atoms with Crippen LogP contribution in [-0.2, 0) is 0 Å². The maximum atomic E-state index is 12.4. The Morgan fingerprint density at radius 3 is 2.78 bits per heavy atom. The number of halogens is 1. The molecule has 3 fully saturated rings. The molecule has 1 N–H and O–H groups in total. The molecule has 5 heterocycles. The number of fused-ring (bicyclic) bond motifs is 3. The smallest absolute Gasteiger partial charge is 0.292 e. The number of carbonyl (C=O) groups excluding carboxylic acids is 1. The third-order valence-corrected chi connectivity index (χ3v) is 5.66. The second-order valence-corrected chi connectivity index (χ2v) is 7.40. The lowest BCUT2D eigenvalue weighted by Gasteiger charge is -2.45. The first-order chi connectivity index (χ1) is 11.2. The summed E-state index contributed by atoms with van der Waals surface area (Å²) in [4.78, 5) is 15.4. The van der Waals surface area contributed by atoms with Crippen molar-refractivity contribution in [1.82, 2.24) is 10.2 Å². The lowest BCUT2D eigenvalue weighted by atomic mass is 9.86. The molecule has 7 heteroatoms. The van der Waals surface area contributed by atoms with Gasteiger partial charge in [-0.3, -0.25) is 9.69 Å². The Balaban J connectivity index is 1.39. The number of carbonyl (C=O) groups is 1. The van der Waals surface area contributed by atoms with Crippen LogP contribution in [0.3, 0.4) is 0 Å². The Morgan fingerprint density at radius 1 is 1.30 bits per heavy atom. The van der Waals surface area contributed by atoms with Crippen molar-refractivity contribution in [2.24, 2.45) is 5.92 Å². The zero-order chi connectivity index (χ0) is 15.8. The Bertz CT molecular complexity index is 706. The fourth-order valence-corrected chi connectivity index (χ4v) is 4.19. The van der Waals surface area contributed by atoms with E-state index in [4.69, 9.17) is 20.8 Å². The van der Waals surface area contributed by atoms with Crippen molar-refractivity contribution in [1.29, 1.82) is 0 Å². The summed E-state index contributed by atoms with van der Waals surface area (Å²) in [6.07, 6.45) is 3.75. The van der Waals surface area contributed by atoms with Crippen LogP contribution in [0.4, 0.5) is 0 Å². The Hall–Kier alpha value is -1.50. The second-order valence-electron chi connectivity index (χ2n) is 5.98. The van der Waals surface area contributed by atoms with Crippen LogP contribution in [0, 0.1) is 5.92 Å². The van der Waals surface area contributed by atoms with Gasteiger partial charge in [0.2, 0.25) is 0 Å². The molecule has 2 bridgehead atoms. The number of nitrogens with one attached hydrogen (secondary N) is 1. The largest absolute Gasteiger partial charge is 0.415 e. The molecule has 5 nitrogen and oxygen atoms in total. The summed E-state index contributed by atoms with van der Waals surface area (Å²) in [7, 11) is 0. The van der Waals surface area contributed by atoms with Crippen LogP contribution in [0.25, 0.3) is 0 Å². The highest BCUT2D eigenvalue weighted by Crippen LogP contribution is 2.33. The van der Waals surface area contributed by atoms with E-state index in [1.54, 1.807) is 24.3 Å². The molecule has 3 aliphatic rings. The van der Waals surface area contributed by atoms with Gasteiger partial charge in [-0.2, -0.15) is 0 Å². The van der Waals surface area contributed by atoms with Gasteiger partial charge in [0.05, 0.1) is 11.0 Å². The molecule has 0 spiro atoms. The monoisotopic (exact) mass is 352 g/mol. The first-order valence-electron chi connectivity index (χ1n) is 7.75. The molecule has 23 heavy (non-hydrogen) atoms. The summed E-state index contributed by atoms with van der Waals surface area (Å²) < 4.78 is 10.7. The number of hydrogen-bond donors (Lipinski definition) is 1. The quantitative estimate of drug-likeness (QED) is 0.905. The fraction of sp³-hybridized carbons (Fsp3) is 0.438. The molecule has 2 aromatic rings. The highest BCUT2D eigenvalue weighted by molar-refractivity contribution is 7.15. The third kappa shape index (κ3) is 3.24. The molecule has 1 unspecified atom stereocenters. The van der Waals surface area contributed by atoms with E-state index in [-0.39, 0.29) is 17.3 Å². The molecular weight excluding hydrogens is 336 g/mol. The van der Waals surface area contributed by atoms with Crippen LogP contribution in [0.2, 0.25) is 5.22 Å². The van der Waals surface area contributed by atoms with E-state index in [0.29, 0.717) is 15.9 Å². The number of rotatable bonds is 4. The van der Waals surface area contributed by atoms with Crippen molar-refractivity contribution in [2.75, 3.05) is 13.1 Å². The minimum Gasteiger partial charge on any atom is -0.415 e. The number of ether oxygens (including phenoxy) is 1. The number of furan rings is 1. The normalized spacial score (nSPS) is 26.2. The van der Waals surface area contributed by atoms with Gasteiger partial charge in [0.15, 0.2) is 10.3 Å². The third-order valence-electron chi connectivity index (χ3n) is 4.50. The maximum Gasteiger partial charge on any atom is 0.292 e. The van der Waals surface area contributed by atoms with Crippen LogP contribution in [0.1, 0.15) is 28.9 Å².